The summed E-state index contributed by atoms with van der Waals surface area (Å²) in [5, 5.41) is 8.82. The first kappa shape index (κ1) is 10.3. The van der Waals surface area contributed by atoms with Gasteiger partial charge in [-0.25, -0.2) is 0 Å². The number of hydrogen-bond donors (Lipinski definition) is 0. The number of nitrogens with zero attached hydrogens (tertiary/aromatic N) is 1. The number of hydrogen-bond acceptors (Lipinski definition) is 4. The summed E-state index contributed by atoms with van der Waals surface area (Å²) in [6, 6.07) is 2.20. The molecule has 16 heavy (non-hydrogen) atoms. The molecule has 0 N–H and O–H groups in total. The van der Waals surface area contributed by atoms with Crippen molar-refractivity contribution in [1.29, 1.82) is 5.26 Å². The van der Waals surface area contributed by atoms with Gasteiger partial charge in [0.25, 0.3) is 0 Å². The van der Waals surface area contributed by atoms with Crippen molar-refractivity contribution in [3.63, 3.8) is 0 Å². The highest BCUT2D eigenvalue weighted by atomic mass is 16.7. The summed E-state index contributed by atoms with van der Waals surface area (Å²) in [4.78, 5) is 0. The van der Waals surface area contributed by atoms with Crippen molar-refractivity contribution >= 4 is 0 Å². The van der Waals surface area contributed by atoms with Crippen LogP contribution in [0.2, 0.25) is 0 Å². The van der Waals surface area contributed by atoms with Gasteiger partial charge in [-0.05, 0) is 17.6 Å². The Morgan fingerprint density at radius 3 is 2.69 bits per heavy atom. The predicted octanol–water partition coefficient (Wildman–Crippen LogP) is 1.17. The third-order valence-corrected chi connectivity index (χ3v) is 3.43. The van der Waals surface area contributed by atoms with Gasteiger partial charge in [0.1, 0.15) is 24.4 Å². The van der Waals surface area contributed by atoms with E-state index in [-0.39, 0.29) is 24.4 Å². The summed E-state index contributed by atoms with van der Waals surface area (Å²) in [7, 11) is 0. The highest BCUT2D eigenvalue weighted by Crippen LogP contribution is 2.51. The molecule has 0 aromatic heterocycles. The second-order valence-electron chi connectivity index (χ2n) is 4.48. The van der Waals surface area contributed by atoms with Crippen LogP contribution in [-0.2, 0) is 14.2 Å². The fraction of sp³-hybridized carbons (Fsp3) is 0.750. The zero-order chi connectivity index (χ0) is 11.1. The fourth-order valence-corrected chi connectivity index (χ4v) is 2.66. The molecule has 0 amide bonds. The lowest BCUT2D eigenvalue weighted by Gasteiger charge is -2.12. The van der Waals surface area contributed by atoms with Crippen LogP contribution in [0, 0.1) is 11.3 Å². The minimum absolute atomic E-state index is 0.0369. The Labute approximate surface area is 94.8 Å². The summed E-state index contributed by atoms with van der Waals surface area (Å²) in [5.41, 5.74) is 2.28. The van der Waals surface area contributed by atoms with Crippen molar-refractivity contribution in [1.82, 2.24) is 0 Å². The maximum Gasteiger partial charge on any atom is 0.117 e. The van der Waals surface area contributed by atoms with E-state index in [4.69, 9.17) is 19.5 Å². The number of ether oxygens (including phenoxy) is 3. The fourth-order valence-electron chi connectivity index (χ4n) is 2.66. The van der Waals surface area contributed by atoms with Gasteiger partial charge in [-0.3, -0.25) is 0 Å². The Bertz CT molecular complexity index is 371. The molecule has 0 spiro atoms. The van der Waals surface area contributed by atoms with Gasteiger partial charge in [0.05, 0.1) is 19.1 Å². The van der Waals surface area contributed by atoms with E-state index in [0.717, 1.165) is 18.6 Å². The van der Waals surface area contributed by atoms with Crippen molar-refractivity contribution in [3.05, 3.63) is 11.1 Å². The van der Waals surface area contributed by atoms with Gasteiger partial charge >= 0.3 is 0 Å². The lowest BCUT2D eigenvalue weighted by Crippen LogP contribution is -2.21. The summed E-state index contributed by atoms with van der Waals surface area (Å²) >= 11 is 0. The molecule has 0 aromatic rings. The van der Waals surface area contributed by atoms with Gasteiger partial charge < -0.3 is 14.2 Å². The molecule has 2 bridgehead atoms. The van der Waals surface area contributed by atoms with Crippen LogP contribution in [0.5, 0.6) is 0 Å². The second kappa shape index (κ2) is 3.85. The molecular weight excluding hydrogens is 206 g/mol. The van der Waals surface area contributed by atoms with Crippen LogP contribution in [0.4, 0.5) is 0 Å². The topological polar surface area (TPSA) is 54.8 Å². The largest absolute Gasteiger partial charge is 0.377 e. The maximum absolute atomic E-state index is 8.82. The Kier molecular flexibility index (Phi) is 2.47. The third-order valence-electron chi connectivity index (χ3n) is 3.43. The minimum Gasteiger partial charge on any atom is -0.377 e. The van der Waals surface area contributed by atoms with Crippen molar-refractivity contribution in [2.75, 3.05) is 13.2 Å². The van der Waals surface area contributed by atoms with Crippen LogP contribution in [0.25, 0.3) is 0 Å². The van der Waals surface area contributed by atoms with Crippen LogP contribution < -0.4 is 0 Å². The quantitative estimate of drug-likeness (QED) is 0.397. The zero-order valence-electron chi connectivity index (χ0n) is 9.31. The van der Waals surface area contributed by atoms with Gasteiger partial charge in [0.2, 0.25) is 0 Å². The third kappa shape index (κ3) is 1.40. The minimum atomic E-state index is 0.0369. The molecule has 3 heterocycles. The average Bonchev–Trinajstić information content (AvgIpc) is 2.92. The maximum atomic E-state index is 8.82. The Morgan fingerprint density at radius 2 is 2.00 bits per heavy atom. The van der Waals surface area contributed by atoms with Crippen LogP contribution in [-0.4, -0.2) is 37.6 Å². The van der Waals surface area contributed by atoms with Crippen LogP contribution in [0.3, 0.4) is 0 Å². The molecular formula is C12H15NO3. The van der Waals surface area contributed by atoms with E-state index in [1.807, 2.05) is 0 Å². The van der Waals surface area contributed by atoms with Crippen molar-refractivity contribution < 1.29 is 14.2 Å². The van der Waals surface area contributed by atoms with Gasteiger partial charge in [-0.1, -0.05) is 6.92 Å². The number of fused-ring (bicyclic) bond motifs is 5. The van der Waals surface area contributed by atoms with Crippen molar-refractivity contribution in [2.45, 2.75) is 44.2 Å². The molecule has 86 valence electrons. The van der Waals surface area contributed by atoms with Crippen LogP contribution >= 0.6 is 0 Å². The van der Waals surface area contributed by atoms with Gasteiger partial charge in [-0.2, -0.15) is 5.26 Å². The second-order valence-corrected chi connectivity index (χ2v) is 4.48. The highest BCUT2D eigenvalue weighted by molar-refractivity contribution is 5.40. The summed E-state index contributed by atoms with van der Waals surface area (Å²) in [6.45, 7) is 3.44. The van der Waals surface area contributed by atoms with E-state index in [0.29, 0.717) is 13.0 Å². The van der Waals surface area contributed by atoms with Gasteiger partial charge in [0.15, 0.2) is 0 Å². The molecule has 4 heteroatoms. The molecule has 4 unspecified atom stereocenters. The molecule has 0 saturated carbocycles. The lowest BCUT2D eigenvalue weighted by atomic mass is 9.90. The molecule has 0 aromatic carbocycles. The molecule has 4 nitrogen and oxygen atoms in total. The smallest absolute Gasteiger partial charge is 0.117 e. The first-order chi connectivity index (χ1) is 7.86. The predicted molar refractivity (Wildman–Crippen MR) is 55.7 cm³/mol. The Hall–Kier alpha value is -0.890. The molecule has 2 saturated heterocycles. The zero-order valence-corrected chi connectivity index (χ0v) is 9.31. The van der Waals surface area contributed by atoms with E-state index in [9.17, 15) is 0 Å². The summed E-state index contributed by atoms with van der Waals surface area (Å²) < 4.78 is 16.9. The Morgan fingerprint density at radius 1 is 1.25 bits per heavy atom. The molecule has 0 radical (unpaired) electrons. The van der Waals surface area contributed by atoms with Gasteiger partial charge in [-0.15, -0.1) is 0 Å². The first-order valence-corrected chi connectivity index (χ1v) is 5.84. The standard InChI is InChI=1S/C12H15NO3/c1-2-5-14-6-8-7(3-4-13)9-11-12(16-11)10(8)15-9/h9-12H,2-3,5-6H2,1H3. The molecule has 0 aliphatic carbocycles. The highest BCUT2D eigenvalue weighted by Gasteiger charge is 2.64. The molecule has 3 aliphatic heterocycles. The van der Waals surface area contributed by atoms with Crippen LogP contribution in [0.1, 0.15) is 19.8 Å². The van der Waals surface area contributed by atoms with E-state index >= 15 is 0 Å². The lowest BCUT2D eigenvalue weighted by molar-refractivity contribution is 0.0212. The van der Waals surface area contributed by atoms with Gasteiger partial charge in [0, 0.05) is 6.61 Å². The molecule has 4 atom stereocenters. The average molecular weight is 221 g/mol. The first-order valence-electron chi connectivity index (χ1n) is 5.84. The van der Waals surface area contributed by atoms with E-state index in [1.165, 1.54) is 5.57 Å². The van der Waals surface area contributed by atoms with Crippen molar-refractivity contribution in [2.24, 2.45) is 0 Å². The van der Waals surface area contributed by atoms with E-state index < -0.39 is 0 Å². The normalized spacial score (nSPS) is 38.8. The summed E-state index contributed by atoms with van der Waals surface area (Å²) in [6.07, 6.45) is 2.03. The van der Waals surface area contributed by atoms with E-state index in [2.05, 4.69) is 13.0 Å². The van der Waals surface area contributed by atoms with E-state index in [1.54, 1.807) is 0 Å². The molecule has 2 fully saturated rings. The monoisotopic (exact) mass is 221 g/mol. The number of nitriles is 1. The van der Waals surface area contributed by atoms with Crippen molar-refractivity contribution in [3.8, 4) is 6.07 Å². The summed E-state index contributed by atoms with van der Waals surface area (Å²) in [5.74, 6) is 0. The number of epoxide rings is 1. The SMILES string of the molecule is CCCOCC1=C(CC#N)C2OC1C1OC21. The molecule has 3 aliphatic rings. The van der Waals surface area contributed by atoms with Crippen LogP contribution in [0.15, 0.2) is 11.1 Å². The Balaban J connectivity index is 1.74. The number of rotatable bonds is 5. The molecule has 3 rings (SSSR count).